The summed E-state index contributed by atoms with van der Waals surface area (Å²) in [5.74, 6) is 0.0179. The van der Waals surface area contributed by atoms with Gasteiger partial charge in [0, 0.05) is 10.1 Å². The maximum Gasteiger partial charge on any atom is 0.407 e. The largest absolute Gasteiger partial charge is 0.444 e. The van der Waals surface area contributed by atoms with Gasteiger partial charge in [-0.3, -0.25) is 4.79 Å². The molecule has 0 aliphatic carbocycles. The van der Waals surface area contributed by atoms with E-state index >= 15 is 0 Å². The van der Waals surface area contributed by atoms with Gasteiger partial charge in [0.25, 0.3) is 5.91 Å². The Morgan fingerprint density at radius 2 is 1.83 bits per heavy atom. The quantitative estimate of drug-likeness (QED) is 0.700. The lowest BCUT2D eigenvalue weighted by molar-refractivity contribution is 0.0487. The van der Waals surface area contributed by atoms with Crippen LogP contribution in [-0.2, 0) is 4.74 Å². The molecule has 2 N–H and O–H groups in total. The standard InChI is InChI=1S/C17H25IN2O3/c1-11(2)14(20-16(22)23-17(3,4)5)10-19-15(21)12-8-6-7-9-13(12)18/h6-9,11,14H,10H2,1-5H3,(H,19,21)(H,20,22). The third-order valence-corrected chi connectivity index (χ3v) is 4.05. The summed E-state index contributed by atoms with van der Waals surface area (Å²) in [5.41, 5.74) is 0.0857. The minimum atomic E-state index is -0.547. The fourth-order valence-electron chi connectivity index (χ4n) is 1.86. The monoisotopic (exact) mass is 432 g/mol. The number of carbonyl (C=O) groups excluding carboxylic acids is 2. The Hall–Kier alpha value is -1.31. The highest BCUT2D eigenvalue weighted by atomic mass is 127. The van der Waals surface area contributed by atoms with Gasteiger partial charge in [0.2, 0.25) is 0 Å². The van der Waals surface area contributed by atoms with E-state index in [0.717, 1.165) is 3.57 Å². The van der Waals surface area contributed by atoms with Crippen LogP contribution < -0.4 is 10.6 Å². The van der Waals surface area contributed by atoms with Gasteiger partial charge in [-0.05, 0) is 61.4 Å². The summed E-state index contributed by atoms with van der Waals surface area (Å²) in [5, 5.41) is 5.69. The zero-order chi connectivity index (χ0) is 17.6. The van der Waals surface area contributed by atoms with Crippen LogP contribution in [0.15, 0.2) is 24.3 Å². The summed E-state index contributed by atoms with van der Waals surface area (Å²) < 4.78 is 6.16. The summed E-state index contributed by atoms with van der Waals surface area (Å²) in [4.78, 5) is 24.1. The van der Waals surface area contributed by atoms with Gasteiger partial charge >= 0.3 is 6.09 Å². The first-order valence-corrected chi connectivity index (χ1v) is 8.70. The Bertz CT molecular complexity index is 553. The van der Waals surface area contributed by atoms with Crippen molar-refractivity contribution in [3.8, 4) is 0 Å². The molecule has 0 bridgehead atoms. The molecule has 0 heterocycles. The normalized spacial score (nSPS) is 12.7. The van der Waals surface area contributed by atoms with E-state index in [0.29, 0.717) is 12.1 Å². The first kappa shape index (κ1) is 19.7. The first-order chi connectivity index (χ1) is 10.6. The van der Waals surface area contributed by atoms with Gasteiger partial charge in [0.05, 0.1) is 11.6 Å². The molecular weight excluding hydrogens is 407 g/mol. The molecule has 0 fully saturated rings. The first-order valence-electron chi connectivity index (χ1n) is 7.62. The number of ether oxygens (including phenoxy) is 1. The average Bonchev–Trinajstić information content (AvgIpc) is 2.41. The Labute approximate surface area is 151 Å². The number of hydrogen-bond donors (Lipinski definition) is 2. The van der Waals surface area contributed by atoms with E-state index in [4.69, 9.17) is 4.74 Å². The van der Waals surface area contributed by atoms with E-state index in [1.54, 1.807) is 6.07 Å². The molecule has 1 unspecified atom stereocenters. The summed E-state index contributed by atoms with van der Waals surface area (Å²) in [6, 6.07) is 7.18. The van der Waals surface area contributed by atoms with Crippen molar-refractivity contribution in [3.63, 3.8) is 0 Å². The molecule has 0 aromatic heterocycles. The van der Waals surface area contributed by atoms with E-state index in [2.05, 4.69) is 33.2 Å². The molecule has 23 heavy (non-hydrogen) atoms. The number of amides is 2. The highest BCUT2D eigenvalue weighted by Gasteiger charge is 2.22. The van der Waals surface area contributed by atoms with Crippen LogP contribution in [0.25, 0.3) is 0 Å². The molecule has 1 aromatic rings. The van der Waals surface area contributed by atoms with Crippen LogP contribution in [0, 0.1) is 9.49 Å². The molecule has 0 saturated heterocycles. The number of alkyl carbamates (subject to hydrolysis) is 1. The molecule has 0 aliphatic rings. The number of halogens is 1. The Morgan fingerprint density at radius 1 is 1.22 bits per heavy atom. The molecule has 1 rings (SSSR count). The second-order valence-electron chi connectivity index (χ2n) is 6.69. The fourth-order valence-corrected chi connectivity index (χ4v) is 2.49. The molecular formula is C17H25IN2O3. The van der Waals surface area contributed by atoms with Crippen molar-refractivity contribution in [3.05, 3.63) is 33.4 Å². The van der Waals surface area contributed by atoms with Gasteiger partial charge in [-0.1, -0.05) is 26.0 Å². The number of benzene rings is 1. The lowest BCUT2D eigenvalue weighted by Gasteiger charge is -2.26. The molecule has 128 valence electrons. The number of hydrogen-bond acceptors (Lipinski definition) is 3. The van der Waals surface area contributed by atoms with Crippen LogP contribution in [0.1, 0.15) is 45.0 Å². The summed E-state index contributed by atoms with van der Waals surface area (Å²) in [6.45, 7) is 9.77. The summed E-state index contributed by atoms with van der Waals surface area (Å²) >= 11 is 2.13. The van der Waals surface area contributed by atoms with E-state index in [9.17, 15) is 9.59 Å². The maximum absolute atomic E-state index is 12.2. The van der Waals surface area contributed by atoms with E-state index in [-0.39, 0.29) is 17.9 Å². The van der Waals surface area contributed by atoms with Gasteiger partial charge < -0.3 is 15.4 Å². The lowest BCUT2D eigenvalue weighted by atomic mass is 10.0. The number of carbonyl (C=O) groups is 2. The highest BCUT2D eigenvalue weighted by molar-refractivity contribution is 14.1. The Morgan fingerprint density at radius 3 is 2.35 bits per heavy atom. The van der Waals surface area contributed by atoms with Gasteiger partial charge in [-0.15, -0.1) is 0 Å². The third-order valence-electron chi connectivity index (χ3n) is 3.11. The highest BCUT2D eigenvalue weighted by Crippen LogP contribution is 2.12. The van der Waals surface area contributed by atoms with Crippen molar-refractivity contribution in [1.29, 1.82) is 0 Å². The molecule has 2 amide bonds. The van der Waals surface area contributed by atoms with E-state index < -0.39 is 11.7 Å². The predicted octanol–water partition coefficient (Wildman–Crippen LogP) is 3.57. The van der Waals surface area contributed by atoms with Gasteiger partial charge in [-0.2, -0.15) is 0 Å². The minimum absolute atomic E-state index is 0.147. The second-order valence-corrected chi connectivity index (χ2v) is 7.85. The molecule has 1 atom stereocenters. The number of nitrogens with one attached hydrogen (secondary N) is 2. The van der Waals surface area contributed by atoms with Gasteiger partial charge in [-0.25, -0.2) is 4.79 Å². The van der Waals surface area contributed by atoms with Crippen molar-refractivity contribution < 1.29 is 14.3 Å². The van der Waals surface area contributed by atoms with Crippen LogP contribution in [0.5, 0.6) is 0 Å². The topological polar surface area (TPSA) is 67.4 Å². The van der Waals surface area contributed by atoms with Crippen LogP contribution in [-0.4, -0.2) is 30.2 Å². The van der Waals surface area contributed by atoms with Crippen molar-refractivity contribution in [1.82, 2.24) is 10.6 Å². The molecule has 0 aliphatic heterocycles. The molecule has 0 spiro atoms. The Kier molecular flexibility index (Phi) is 7.31. The van der Waals surface area contributed by atoms with Crippen molar-refractivity contribution in [2.45, 2.75) is 46.3 Å². The SMILES string of the molecule is CC(C)C(CNC(=O)c1ccccc1I)NC(=O)OC(C)(C)C. The number of rotatable bonds is 5. The van der Waals surface area contributed by atoms with Gasteiger partial charge in [0.15, 0.2) is 0 Å². The summed E-state index contributed by atoms with van der Waals surface area (Å²) in [7, 11) is 0. The minimum Gasteiger partial charge on any atom is -0.444 e. The smallest absolute Gasteiger partial charge is 0.407 e. The van der Waals surface area contributed by atoms with Crippen molar-refractivity contribution >= 4 is 34.6 Å². The molecule has 1 aromatic carbocycles. The lowest BCUT2D eigenvalue weighted by Crippen LogP contribution is -2.48. The van der Waals surface area contributed by atoms with E-state index in [1.165, 1.54) is 0 Å². The van der Waals surface area contributed by atoms with Crippen molar-refractivity contribution in [2.75, 3.05) is 6.54 Å². The second kappa shape index (κ2) is 8.52. The molecule has 0 saturated carbocycles. The van der Waals surface area contributed by atoms with Crippen LogP contribution >= 0.6 is 22.6 Å². The van der Waals surface area contributed by atoms with E-state index in [1.807, 2.05) is 52.8 Å². The zero-order valence-corrected chi connectivity index (χ0v) is 16.4. The van der Waals surface area contributed by atoms with Crippen LogP contribution in [0.2, 0.25) is 0 Å². The zero-order valence-electron chi connectivity index (χ0n) is 14.3. The van der Waals surface area contributed by atoms with Crippen LogP contribution in [0.4, 0.5) is 4.79 Å². The van der Waals surface area contributed by atoms with Crippen LogP contribution in [0.3, 0.4) is 0 Å². The molecule has 6 heteroatoms. The Balaban J connectivity index is 2.62. The third kappa shape index (κ3) is 7.20. The van der Waals surface area contributed by atoms with Crippen molar-refractivity contribution in [2.24, 2.45) is 5.92 Å². The summed E-state index contributed by atoms with van der Waals surface area (Å²) in [6.07, 6.45) is -0.472. The molecule has 0 radical (unpaired) electrons. The van der Waals surface area contributed by atoms with Gasteiger partial charge in [0.1, 0.15) is 5.60 Å². The average molecular weight is 432 g/mol. The predicted molar refractivity (Wildman–Crippen MR) is 99.5 cm³/mol. The maximum atomic E-state index is 12.2. The molecule has 5 nitrogen and oxygen atoms in total. The fraction of sp³-hybridized carbons (Fsp3) is 0.529.